The average Bonchev–Trinajstić information content (AvgIpc) is 2.43. The number of carbonyl (C=O) groups is 2. The molecule has 0 fully saturated rings. The van der Waals surface area contributed by atoms with Gasteiger partial charge in [-0.3, -0.25) is 4.79 Å². The van der Waals surface area contributed by atoms with E-state index in [-0.39, 0.29) is 6.61 Å². The lowest BCUT2D eigenvalue weighted by Gasteiger charge is -2.09. The van der Waals surface area contributed by atoms with E-state index in [1.807, 2.05) is 18.2 Å². The van der Waals surface area contributed by atoms with Crippen LogP contribution in [0.5, 0.6) is 0 Å². The molecule has 1 rings (SSSR count). The summed E-state index contributed by atoms with van der Waals surface area (Å²) in [6, 6.07) is 9.18. The fourth-order valence-electron chi connectivity index (χ4n) is 1.41. The summed E-state index contributed by atoms with van der Waals surface area (Å²) in [5, 5.41) is 11.3. The van der Waals surface area contributed by atoms with E-state index in [1.54, 1.807) is 26.0 Å². The number of nitrogens with one attached hydrogen (secondary N) is 1. The number of hydrogen-bond acceptors (Lipinski definition) is 5. The summed E-state index contributed by atoms with van der Waals surface area (Å²) in [5.74, 6) is -0.671. The zero-order valence-electron chi connectivity index (χ0n) is 11.9. The Hall–Kier alpha value is -2.26. The maximum atomic E-state index is 11.7. The Labute approximate surface area is 128 Å². The first-order valence-corrected chi connectivity index (χ1v) is 7.21. The predicted octanol–water partition coefficient (Wildman–Crippen LogP) is 2.75. The topological polar surface area (TPSA) is 79.2 Å². The zero-order chi connectivity index (χ0) is 15.7. The number of allylic oxidation sites excluding steroid dienone is 1. The van der Waals surface area contributed by atoms with Gasteiger partial charge < -0.3 is 10.1 Å². The fourth-order valence-corrected chi connectivity index (χ4v) is 2.08. The Kier molecular flexibility index (Phi) is 7.05. The molecule has 0 atom stereocenters. The van der Waals surface area contributed by atoms with E-state index >= 15 is 0 Å². The summed E-state index contributed by atoms with van der Waals surface area (Å²) in [7, 11) is 0. The summed E-state index contributed by atoms with van der Waals surface area (Å²) < 4.78 is 4.82. The third kappa shape index (κ3) is 6.63. The minimum absolute atomic E-state index is 0.294. The number of nitriles is 1. The molecule has 5 nitrogen and oxygen atoms in total. The molecule has 0 unspecified atom stereocenters. The first-order valence-electron chi connectivity index (χ1n) is 6.23. The van der Waals surface area contributed by atoms with Gasteiger partial charge in [0, 0.05) is 11.0 Å². The van der Waals surface area contributed by atoms with Gasteiger partial charge in [0.05, 0.1) is 17.5 Å². The Morgan fingerprint density at radius 3 is 2.76 bits per heavy atom. The highest BCUT2D eigenvalue weighted by atomic mass is 32.2. The van der Waals surface area contributed by atoms with Crippen LogP contribution in [0.15, 0.2) is 40.8 Å². The van der Waals surface area contributed by atoms with Gasteiger partial charge in [-0.15, -0.1) is 11.8 Å². The second-order valence-corrected chi connectivity index (χ2v) is 5.34. The molecule has 0 aliphatic heterocycles. The molecule has 0 saturated heterocycles. The molecule has 0 aromatic heterocycles. The van der Waals surface area contributed by atoms with Gasteiger partial charge in [-0.2, -0.15) is 5.26 Å². The van der Waals surface area contributed by atoms with E-state index in [0.717, 1.165) is 10.5 Å². The van der Waals surface area contributed by atoms with Crippen LogP contribution < -0.4 is 5.32 Å². The standard InChI is InChI=1S/C15H16N2O3S/c1-11(2)9-15(19)20-10-14(18)17-12-5-3-4-6-13(12)21-8-7-16/h3-6,9H,8,10H2,1-2H3,(H,17,18). The molecule has 0 saturated carbocycles. The maximum Gasteiger partial charge on any atom is 0.331 e. The number of hydrogen-bond donors (Lipinski definition) is 1. The Bertz CT molecular complexity index is 587. The van der Waals surface area contributed by atoms with E-state index in [2.05, 4.69) is 5.32 Å². The monoisotopic (exact) mass is 304 g/mol. The number of rotatable bonds is 6. The second-order valence-electron chi connectivity index (χ2n) is 4.32. The van der Waals surface area contributed by atoms with Crippen LogP contribution in [0.4, 0.5) is 5.69 Å². The number of benzene rings is 1. The molecule has 6 heteroatoms. The van der Waals surface area contributed by atoms with Crippen LogP contribution in [-0.2, 0) is 14.3 Å². The minimum atomic E-state index is -0.544. The molecule has 0 aliphatic carbocycles. The number of ether oxygens (including phenoxy) is 1. The van der Waals surface area contributed by atoms with Crippen molar-refractivity contribution in [1.82, 2.24) is 0 Å². The third-order valence-corrected chi connectivity index (χ3v) is 3.15. The van der Waals surface area contributed by atoms with E-state index in [9.17, 15) is 9.59 Å². The summed E-state index contributed by atoms with van der Waals surface area (Å²) in [6.07, 6.45) is 1.32. The highest BCUT2D eigenvalue weighted by Gasteiger charge is 2.09. The molecule has 0 bridgehead atoms. The summed E-state index contributed by atoms with van der Waals surface area (Å²) in [5.41, 5.74) is 1.40. The summed E-state index contributed by atoms with van der Waals surface area (Å²) in [6.45, 7) is 3.19. The van der Waals surface area contributed by atoms with Crippen LogP contribution in [-0.4, -0.2) is 24.2 Å². The molecule has 0 spiro atoms. The van der Waals surface area contributed by atoms with Crippen molar-refractivity contribution in [3.8, 4) is 6.07 Å². The number of amides is 1. The van der Waals surface area contributed by atoms with E-state index < -0.39 is 11.9 Å². The number of carbonyl (C=O) groups excluding carboxylic acids is 2. The SMILES string of the molecule is CC(C)=CC(=O)OCC(=O)Nc1ccccc1SCC#N. The van der Waals surface area contributed by atoms with Crippen LogP contribution in [0.1, 0.15) is 13.8 Å². The van der Waals surface area contributed by atoms with E-state index in [0.29, 0.717) is 11.4 Å². The molecule has 110 valence electrons. The first-order chi connectivity index (χ1) is 10.0. The molecule has 0 radical (unpaired) electrons. The Balaban J connectivity index is 2.57. The third-order valence-electron chi connectivity index (χ3n) is 2.21. The van der Waals surface area contributed by atoms with Crippen molar-refractivity contribution in [3.63, 3.8) is 0 Å². The predicted molar refractivity (Wildman–Crippen MR) is 81.8 cm³/mol. The molecule has 0 heterocycles. The highest BCUT2D eigenvalue weighted by Crippen LogP contribution is 2.26. The van der Waals surface area contributed by atoms with Crippen molar-refractivity contribution in [2.24, 2.45) is 0 Å². The quantitative estimate of drug-likeness (QED) is 0.496. The number of thioether (sulfide) groups is 1. The lowest BCUT2D eigenvalue weighted by Crippen LogP contribution is -2.20. The van der Waals surface area contributed by atoms with E-state index in [1.165, 1.54) is 17.8 Å². The molecule has 1 N–H and O–H groups in total. The summed E-state index contributed by atoms with van der Waals surface area (Å²) >= 11 is 1.33. The highest BCUT2D eigenvalue weighted by molar-refractivity contribution is 7.99. The normalized spacial score (nSPS) is 9.38. The molecule has 1 aromatic rings. The van der Waals surface area contributed by atoms with Crippen molar-refractivity contribution in [1.29, 1.82) is 5.26 Å². The van der Waals surface area contributed by atoms with Gasteiger partial charge in [0.25, 0.3) is 5.91 Å². The van der Waals surface area contributed by atoms with Gasteiger partial charge in [-0.25, -0.2) is 4.79 Å². The number of esters is 1. The van der Waals surface area contributed by atoms with Gasteiger partial charge in [-0.05, 0) is 26.0 Å². The second kappa shape index (κ2) is 8.82. The number of anilines is 1. The Morgan fingerprint density at radius 1 is 1.38 bits per heavy atom. The van der Waals surface area contributed by atoms with E-state index in [4.69, 9.17) is 10.00 Å². The van der Waals surface area contributed by atoms with Crippen LogP contribution >= 0.6 is 11.8 Å². The van der Waals surface area contributed by atoms with Crippen molar-refractivity contribution < 1.29 is 14.3 Å². The minimum Gasteiger partial charge on any atom is -0.452 e. The largest absolute Gasteiger partial charge is 0.452 e. The molecule has 1 amide bonds. The van der Waals surface area contributed by atoms with Crippen LogP contribution in [0.2, 0.25) is 0 Å². The van der Waals surface area contributed by atoms with Gasteiger partial charge in [0.2, 0.25) is 0 Å². The Morgan fingerprint density at radius 2 is 2.10 bits per heavy atom. The van der Waals surface area contributed by atoms with Crippen molar-refractivity contribution in [2.75, 3.05) is 17.7 Å². The van der Waals surface area contributed by atoms with Crippen LogP contribution in [0, 0.1) is 11.3 Å². The zero-order valence-corrected chi connectivity index (χ0v) is 12.7. The molecule has 1 aromatic carbocycles. The van der Waals surface area contributed by atoms with Crippen molar-refractivity contribution in [3.05, 3.63) is 35.9 Å². The fraction of sp³-hybridized carbons (Fsp3) is 0.267. The average molecular weight is 304 g/mol. The van der Waals surface area contributed by atoms with Gasteiger partial charge in [0.15, 0.2) is 6.61 Å². The maximum absolute atomic E-state index is 11.7. The van der Waals surface area contributed by atoms with Gasteiger partial charge >= 0.3 is 5.97 Å². The lowest BCUT2D eigenvalue weighted by atomic mass is 10.3. The lowest BCUT2D eigenvalue weighted by molar-refractivity contribution is -0.142. The molecular weight excluding hydrogens is 288 g/mol. The van der Waals surface area contributed by atoms with Gasteiger partial charge in [0.1, 0.15) is 0 Å². The smallest absolute Gasteiger partial charge is 0.331 e. The molecule has 21 heavy (non-hydrogen) atoms. The van der Waals surface area contributed by atoms with Crippen LogP contribution in [0.25, 0.3) is 0 Å². The number of nitrogens with zero attached hydrogens (tertiary/aromatic N) is 1. The van der Waals surface area contributed by atoms with Crippen LogP contribution in [0.3, 0.4) is 0 Å². The van der Waals surface area contributed by atoms with Crippen molar-refractivity contribution >= 4 is 29.3 Å². The molecular formula is C15H16N2O3S. The summed E-state index contributed by atoms with van der Waals surface area (Å²) in [4.78, 5) is 23.8. The van der Waals surface area contributed by atoms with Gasteiger partial charge in [-0.1, -0.05) is 17.7 Å². The molecule has 0 aliphatic rings. The first kappa shape index (κ1) is 16.8. The number of para-hydroxylation sites is 1. The van der Waals surface area contributed by atoms with Crippen molar-refractivity contribution in [2.45, 2.75) is 18.7 Å².